The van der Waals surface area contributed by atoms with Crippen molar-refractivity contribution >= 4 is 11.8 Å². The SMILES string of the molecule is CNC(=O)CCCCCCCCCCC(=O)N1C[C@@H](O)C[C@@H]1C. The third-order valence-corrected chi connectivity index (χ3v) is 4.70. The fourth-order valence-electron chi connectivity index (χ4n) is 3.24. The lowest BCUT2D eigenvalue weighted by molar-refractivity contribution is -0.132. The van der Waals surface area contributed by atoms with Gasteiger partial charge in [0, 0.05) is 32.5 Å². The van der Waals surface area contributed by atoms with E-state index >= 15 is 0 Å². The second-order valence-corrected chi connectivity index (χ2v) is 6.79. The lowest BCUT2D eigenvalue weighted by Gasteiger charge is -2.21. The minimum absolute atomic E-state index is 0.134. The van der Waals surface area contributed by atoms with Crippen LogP contribution in [0.4, 0.5) is 0 Å². The Hall–Kier alpha value is -1.10. The summed E-state index contributed by atoms with van der Waals surface area (Å²) in [5.41, 5.74) is 0. The Morgan fingerprint density at radius 1 is 1.00 bits per heavy atom. The third kappa shape index (κ3) is 8.35. The molecule has 1 rings (SSSR count). The first kappa shape index (κ1) is 19.9. The van der Waals surface area contributed by atoms with Gasteiger partial charge in [-0.1, -0.05) is 38.5 Å². The van der Waals surface area contributed by atoms with Gasteiger partial charge in [-0.05, 0) is 26.2 Å². The molecule has 0 spiro atoms. The van der Waals surface area contributed by atoms with Gasteiger partial charge in [0.05, 0.1) is 6.10 Å². The van der Waals surface area contributed by atoms with Crippen molar-refractivity contribution in [1.82, 2.24) is 10.2 Å². The van der Waals surface area contributed by atoms with E-state index in [0.717, 1.165) is 25.7 Å². The first-order chi connectivity index (χ1) is 11.0. The molecular formula is C18H34N2O3. The van der Waals surface area contributed by atoms with Crippen LogP contribution in [0.3, 0.4) is 0 Å². The van der Waals surface area contributed by atoms with E-state index in [1.165, 1.54) is 25.7 Å². The summed E-state index contributed by atoms with van der Waals surface area (Å²) in [5, 5.41) is 12.2. The quantitative estimate of drug-likeness (QED) is 0.573. The van der Waals surface area contributed by atoms with Gasteiger partial charge in [0.15, 0.2) is 0 Å². The number of nitrogens with one attached hydrogen (secondary N) is 1. The molecular weight excluding hydrogens is 292 g/mol. The summed E-state index contributed by atoms with van der Waals surface area (Å²) in [6, 6.07) is 0.187. The van der Waals surface area contributed by atoms with E-state index < -0.39 is 0 Å². The van der Waals surface area contributed by atoms with Crippen LogP contribution in [0.2, 0.25) is 0 Å². The van der Waals surface area contributed by atoms with Gasteiger partial charge in [-0.15, -0.1) is 0 Å². The van der Waals surface area contributed by atoms with E-state index in [1.54, 1.807) is 7.05 Å². The van der Waals surface area contributed by atoms with Crippen LogP contribution in [0.5, 0.6) is 0 Å². The van der Waals surface area contributed by atoms with E-state index in [1.807, 2.05) is 11.8 Å². The summed E-state index contributed by atoms with van der Waals surface area (Å²) in [7, 11) is 1.68. The van der Waals surface area contributed by atoms with E-state index in [2.05, 4.69) is 5.32 Å². The molecule has 2 amide bonds. The molecule has 0 aromatic rings. The summed E-state index contributed by atoms with van der Waals surface area (Å²) < 4.78 is 0. The minimum Gasteiger partial charge on any atom is -0.391 e. The average Bonchev–Trinajstić information content (AvgIpc) is 2.87. The molecule has 1 aliphatic heterocycles. The summed E-state index contributed by atoms with van der Waals surface area (Å²) in [5.74, 6) is 0.331. The van der Waals surface area contributed by atoms with E-state index in [9.17, 15) is 14.7 Å². The molecule has 1 saturated heterocycles. The Bertz CT molecular complexity index is 360. The highest BCUT2D eigenvalue weighted by atomic mass is 16.3. The third-order valence-electron chi connectivity index (χ3n) is 4.70. The van der Waals surface area contributed by atoms with Gasteiger partial charge in [0.25, 0.3) is 0 Å². The number of carbonyl (C=O) groups is 2. The van der Waals surface area contributed by atoms with Crippen molar-refractivity contribution < 1.29 is 14.7 Å². The Balaban J connectivity index is 1.90. The number of rotatable bonds is 11. The number of hydrogen-bond acceptors (Lipinski definition) is 3. The predicted molar refractivity (Wildman–Crippen MR) is 92.0 cm³/mol. The van der Waals surface area contributed by atoms with E-state index in [4.69, 9.17) is 0 Å². The largest absolute Gasteiger partial charge is 0.391 e. The number of nitrogens with zero attached hydrogens (tertiary/aromatic N) is 1. The summed E-state index contributed by atoms with van der Waals surface area (Å²) in [6.45, 7) is 2.52. The van der Waals surface area contributed by atoms with Crippen molar-refractivity contribution in [3.8, 4) is 0 Å². The first-order valence-corrected chi connectivity index (χ1v) is 9.22. The molecule has 1 aliphatic rings. The molecule has 0 saturated carbocycles. The Morgan fingerprint density at radius 3 is 2.00 bits per heavy atom. The molecule has 134 valence electrons. The van der Waals surface area contributed by atoms with E-state index in [0.29, 0.717) is 25.8 Å². The van der Waals surface area contributed by atoms with Crippen molar-refractivity contribution in [3.05, 3.63) is 0 Å². The molecule has 23 heavy (non-hydrogen) atoms. The summed E-state index contributed by atoms with van der Waals surface area (Å²) in [6.07, 6.45) is 10.6. The number of hydrogen-bond donors (Lipinski definition) is 2. The lowest BCUT2D eigenvalue weighted by atomic mass is 10.1. The maximum Gasteiger partial charge on any atom is 0.222 e. The Labute approximate surface area is 140 Å². The van der Waals surface area contributed by atoms with E-state index in [-0.39, 0.29) is 24.0 Å². The van der Waals surface area contributed by atoms with Crippen LogP contribution in [-0.2, 0) is 9.59 Å². The molecule has 0 radical (unpaired) electrons. The van der Waals surface area contributed by atoms with Gasteiger partial charge >= 0.3 is 0 Å². The number of aliphatic hydroxyl groups is 1. The fourth-order valence-corrected chi connectivity index (χ4v) is 3.24. The lowest BCUT2D eigenvalue weighted by Crippen LogP contribution is -2.34. The van der Waals surface area contributed by atoms with Gasteiger partial charge in [-0.25, -0.2) is 0 Å². The minimum atomic E-state index is -0.336. The molecule has 5 nitrogen and oxygen atoms in total. The van der Waals surface area contributed by atoms with Gasteiger partial charge in [-0.3, -0.25) is 9.59 Å². The molecule has 0 aromatic heterocycles. The van der Waals surface area contributed by atoms with Gasteiger partial charge < -0.3 is 15.3 Å². The van der Waals surface area contributed by atoms with Crippen LogP contribution in [-0.4, -0.2) is 47.6 Å². The van der Waals surface area contributed by atoms with Crippen molar-refractivity contribution in [2.45, 2.75) is 89.7 Å². The Morgan fingerprint density at radius 2 is 1.52 bits per heavy atom. The zero-order chi connectivity index (χ0) is 17.1. The van der Waals surface area contributed by atoms with Crippen molar-refractivity contribution in [3.63, 3.8) is 0 Å². The van der Waals surface area contributed by atoms with Gasteiger partial charge in [0.2, 0.25) is 11.8 Å². The van der Waals surface area contributed by atoms with Gasteiger partial charge in [0.1, 0.15) is 0 Å². The number of unbranched alkanes of at least 4 members (excludes halogenated alkanes) is 7. The van der Waals surface area contributed by atoms with Crippen LogP contribution in [0.15, 0.2) is 0 Å². The molecule has 1 heterocycles. The molecule has 0 aliphatic carbocycles. The summed E-state index contributed by atoms with van der Waals surface area (Å²) >= 11 is 0. The molecule has 2 N–H and O–H groups in total. The first-order valence-electron chi connectivity index (χ1n) is 9.22. The highest BCUT2D eigenvalue weighted by Crippen LogP contribution is 2.19. The van der Waals surface area contributed by atoms with Crippen molar-refractivity contribution in [2.75, 3.05) is 13.6 Å². The van der Waals surface area contributed by atoms with Crippen LogP contribution < -0.4 is 5.32 Å². The highest BCUT2D eigenvalue weighted by Gasteiger charge is 2.30. The van der Waals surface area contributed by atoms with Crippen LogP contribution in [0, 0.1) is 0 Å². The monoisotopic (exact) mass is 326 g/mol. The molecule has 5 heteroatoms. The zero-order valence-corrected chi connectivity index (χ0v) is 14.9. The average molecular weight is 326 g/mol. The van der Waals surface area contributed by atoms with Crippen LogP contribution in [0.25, 0.3) is 0 Å². The predicted octanol–water partition coefficient (Wildman–Crippen LogP) is 2.62. The standard InChI is InChI=1S/C18H34N2O3/c1-15-13-16(21)14-20(15)18(23)12-10-8-6-4-3-5-7-9-11-17(22)19-2/h15-16,21H,3-14H2,1-2H3,(H,19,22)/t15-,16-/m0/s1. The van der Waals surface area contributed by atoms with Gasteiger partial charge in [-0.2, -0.15) is 0 Å². The number of amides is 2. The molecule has 0 aromatic carbocycles. The normalized spacial score (nSPS) is 20.7. The highest BCUT2D eigenvalue weighted by molar-refractivity contribution is 5.76. The zero-order valence-electron chi connectivity index (χ0n) is 14.9. The molecule has 1 fully saturated rings. The second-order valence-electron chi connectivity index (χ2n) is 6.79. The number of carbonyl (C=O) groups excluding carboxylic acids is 2. The number of aliphatic hydroxyl groups excluding tert-OH is 1. The fraction of sp³-hybridized carbons (Fsp3) is 0.889. The number of likely N-dealkylation sites (tertiary alicyclic amines) is 1. The number of β-amino-alcohol motifs (C(OH)–C–C–N with tert-alkyl or cyclic N) is 1. The van der Waals surface area contributed by atoms with Crippen molar-refractivity contribution in [1.29, 1.82) is 0 Å². The second kappa shape index (κ2) is 11.4. The van der Waals surface area contributed by atoms with Crippen LogP contribution >= 0.6 is 0 Å². The summed E-state index contributed by atoms with van der Waals surface area (Å²) in [4.78, 5) is 25.0. The van der Waals surface area contributed by atoms with Crippen molar-refractivity contribution in [2.24, 2.45) is 0 Å². The van der Waals surface area contributed by atoms with Crippen LogP contribution in [0.1, 0.15) is 77.6 Å². The Kier molecular flexibility index (Phi) is 9.92. The maximum atomic E-state index is 12.1. The molecule has 2 atom stereocenters. The molecule has 0 unspecified atom stereocenters. The maximum absolute atomic E-state index is 12.1. The topological polar surface area (TPSA) is 69.6 Å². The molecule has 0 bridgehead atoms. The smallest absolute Gasteiger partial charge is 0.222 e.